The van der Waals surface area contributed by atoms with Crippen molar-refractivity contribution in [2.24, 2.45) is 5.92 Å². The number of alkyl halides is 3. The Labute approximate surface area is 228 Å². The summed E-state index contributed by atoms with van der Waals surface area (Å²) in [5, 5.41) is 3.06. The minimum absolute atomic E-state index is 0.0399. The van der Waals surface area contributed by atoms with Gasteiger partial charge < -0.3 is 15.1 Å². The minimum atomic E-state index is -4.33. The van der Waals surface area contributed by atoms with Gasteiger partial charge in [-0.25, -0.2) is 0 Å². The minimum Gasteiger partial charge on any atom is -0.369 e. The second-order valence-electron chi connectivity index (χ2n) is 10.6. The highest BCUT2D eigenvalue weighted by Gasteiger charge is 2.36. The highest BCUT2D eigenvalue weighted by Crippen LogP contribution is 2.33. The molecule has 0 unspecified atom stereocenters. The number of hydrogen-bond donors (Lipinski definition) is 1. The van der Waals surface area contributed by atoms with Crippen LogP contribution >= 0.6 is 11.8 Å². The van der Waals surface area contributed by atoms with Gasteiger partial charge in [-0.15, -0.1) is 11.8 Å². The lowest BCUT2D eigenvalue weighted by Crippen LogP contribution is -2.57. The number of benzene rings is 2. The Kier molecular flexibility index (Phi) is 9.65. The van der Waals surface area contributed by atoms with Crippen LogP contribution in [0.5, 0.6) is 0 Å². The van der Waals surface area contributed by atoms with Crippen molar-refractivity contribution in [3.8, 4) is 0 Å². The molecule has 0 aromatic heterocycles. The molecule has 2 saturated heterocycles. The summed E-state index contributed by atoms with van der Waals surface area (Å²) in [4.78, 5) is 21.0. The maximum Gasteiger partial charge on any atom is 0.416 e. The third-order valence-corrected chi connectivity index (χ3v) is 8.60. The van der Waals surface area contributed by atoms with Crippen LogP contribution in [0.4, 0.5) is 24.5 Å². The Morgan fingerprint density at radius 2 is 1.79 bits per heavy atom. The van der Waals surface area contributed by atoms with E-state index in [1.54, 1.807) is 17.8 Å². The molecule has 2 fully saturated rings. The van der Waals surface area contributed by atoms with Gasteiger partial charge in [-0.05, 0) is 81.8 Å². The summed E-state index contributed by atoms with van der Waals surface area (Å²) < 4.78 is 39.6. The Balaban J connectivity index is 1.36. The summed E-state index contributed by atoms with van der Waals surface area (Å²) in [5.74, 6) is 0.410. The predicted molar refractivity (Wildman–Crippen MR) is 150 cm³/mol. The van der Waals surface area contributed by atoms with Crippen molar-refractivity contribution in [2.45, 2.75) is 56.3 Å². The first-order valence-corrected chi connectivity index (χ1v) is 14.7. The molecule has 2 aromatic carbocycles. The smallest absolute Gasteiger partial charge is 0.369 e. The Morgan fingerprint density at radius 1 is 1.05 bits per heavy atom. The molecule has 4 rings (SSSR count). The van der Waals surface area contributed by atoms with E-state index >= 15 is 0 Å². The summed E-state index contributed by atoms with van der Waals surface area (Å²) >= 11 is 1.65. The quantitative estimate of drug-likeness (QED) is 0.406. The summed E-state index contributed by atoms with van der Waals surface area (Å²) in [6, 6.07) is 14.4. The number of piperidine rings is 1. The van der Waals surface area contributed by atoms with Crippen LogP contribution in [0.3, 0.4) is 0 Å². The molecule has 5 nitrogen and oxygen atoms in total. The molecular weight excluding hydrogens is 509 g/mol. The zero-order chi connectivity index (χ0) is 27.3. The van der Waals surface area contributed by atoms with Gasteiger partial charge in [0.1, 0.15) is 0 Å². The van der Waals surface area contributed by atoms with Crippen LogP contribution in [-0.4, -0.2) is 73.3 Å². The number of anilines is 2. The summed E-state index contributed by atoms with van der Waals surface area (Å²) in [5.41, 5.74) is 0.862. The molecular formula is C29H39F3N4OS. The topological polar surface area (TPSA) is 38.8 Å². The Hall–Kier alpha value is -2.23. The van der Waals surface area contributed by atoms with E-state index in [-0.39, 0.29) is 5.91 Å². The molecule has 208 valence electrons. The molecule has 2 atom stereocenters. The first-order chi connectivity index (χ1) is 18.1. The third kappa shape index (κ3) is 7.45. The van der Waals surface area contributed by atoms with Gasteiger partial charge >= 0.3 is 6.18 Å². The van der Waals surface area contributed by atoms with Crippen LogP contribution in [0.1, 0.15) is 38.7 Å². The molecule has 0 radical (unpaired) electrons. The number of hydrogen-bond acceptors (Lipinski definition) is 5. The molecule has 2 aromatic rings. The highest BCUT2D eigenvalue weighted by molar-refractivity contribution is 7.98. The number of thioether (sulfide) groups is 1. The van der Waals surface area contributed by atoms with E-state index in [2.05, 4.69) is 33.9 Å². The highest BCUT2D eigenvalue weighted by atomic mass is 32.2. The van der Waals surface area contributed by atoms with Crippen molar-refractivity contribution >= 4 is 29.0 Å². The molecule has 38 heavy (non-hydrogen) atoms. The second kappa shape index (κ2) is 12.7. The fraction of sp³-hybridized carbons (Fsp3) is 0.552. The molecule has 1 N–H and O–H groups in total. The average Bonchev–Trinajstić information content (AvgIpc) is 2.91. The van der Waals surface area contributed by atoms with E-state index in [0.29, 0.717) is 43.2 Å². The zero-order valence-electron chi connectivity index (χ0n) is 22.5. The largest absolute Gasteiger partial charge is 0.416 e. The molecule has 2 aliphatic rings. The lowest BCUT2D eigenvalue weighted by Gasteiger charge is -2.48. The molecule has 0 saturated carbocycles. The number of nitrogens with zero attached hydrogens (tertiary/aromatic N) is 3. The third-order valence-electron chi connectivity index (χ3n) is 7.87. The van der Waals surface area contributed by atoms with Gasteiger partial charge in [-0.2, -0.15) is 13.2 Å². The van der Waals surface area contributed by atoms with Crippen molar-refractivity contribution in [1.29, 1.82) is 0 Å². The van der Waals surface area contributed by atoms with Crippen LogP contribution in [0.15, 0.2) is 53.4 Å². The Bertz CT molecular complexity index is 1070. The molecule has 2 aliphatic heterocycles. The van der Waals surface area contributed by atoms with Crippen LogP contribution in [-0.2, 0) is 11.0 Å². The van der Waals surface area contributed by atoms with Crippen LogP contribution in [0.25, 0.3) is 0 Å². The van der Waals surface area contributed by atoms with Crippen LogP contribution < -0.4 is 10.2 Å². The lowest BCUT2D eigenvalue weighted by molar-refractivity contribution is -0.137. The average molecular weight is 549 g/mol. The summed E-state index contributed by atoms with van der Waals surface area (Å²) in [6.45, 7) is 9.45. The number of carbonyl (C=O) groups excluding carboxylic acids is 1. The van der Waals surface area contributed by atoms with Crippen molar-refractivity contribution < 1.29 is 18.0 Å². The zero-order valence-corrected chi connectivity index (χ0v) is 23.3. The molecule has 2 heterocycles. The summed E-state index contributed by atoms with van der Waals surface area (Å²) in [6.07, 6.45) is 0.0178. The van der Waals surface area contributed by atoms with Crippen LogP contribution in [0.2, 0.25) is 0 Å². The van der Waals surface area contributed by atoms with E-state index in [4.69, 9.17) is 0 Å². The lowest BCUT2D eigenvalue weighted by atomic mass is 9.86. The molecule has 0 bridgehead atoms. The van der Waals surface area contributed by atoms with Gasteiger partial charge in [-0.1, -0.05) is 12.1 Å². The molecule has 9 heteroatoms. The number of piperazine rings is 1. The van der Waals surface area contributed by atoms with E-state index < -0.39 is 11.7 Å². The first-order valence-electron chi connectivity index (χ1n) is 13.5. The van der Waals surface area contributed by atoms with E-state index in [9.17, 15) is 18.0 Å². The van der Waals surface area contributed by atoms with E-state index in [0.717, 1.165) is 55.7 Å². The fourth-order valence-electron chi connectivity index (χ4n) is 5.71. The van der Waals surface area contributed by atoms with Gasteiger partial charge in [0, 0.05) is 67.5 Å². The van der Waals surface area contributed by atoms with E-state index in [1.165, 1.54) is 12.1 Å². The number of likely N-dealkylation sites (tertiary alicyclic amines) is 1. The molecule has 0 aliphatic carbocycles. The SMILES string of the molecule is CSc1cccc(NC(=O)CC[C@@H]2CN(C(C)C)CC[C@@H]2N2CCN(c3cccc(C(F)(F)F)c3)CC2)c1. The number of nitrogens with one attached hydrogen (secondary N) is 1. The maximum absolute atomic E-state index is 13.2. The number of amides is 1. The standard InChI is InChI=1S/C29H39F3N4OS/c1-21(2)36-13-12-27(22(20-36)10-11-28(37)33-24-7-5-9-26(19-24)38-3)35-16-14-34(15-17-35)25-8-4-6-23(18-25)29(30,31)32/h4-9,18-19,21-22,27H,10-17,20H2,1-3H3,(H,33,37)/t22-,27+/m1/s1. The van der Waals surface area contributed by atoms with Gasteiger partial charge in [0.15, 0.2) is 0 Å². The number of carbonyl (C=O) groups is 1. The fourth-order valence-corrected chi connectivity index (χ4v) is 6.17. The van der Waals surface area contributed by atoms with E-state index in [1.807, 2.05) is 30.5 Å². The van der Waals surface area contributed by atoms with Gasteiger partial charge in [0.25, 0.3) is 0 Å². The Morgan fingerprint density at radius 3 is 2.47 bits per heavy atom. The normalized spacial score (nSPS) is 21.6. The number of rotatable bonds is 8. The maximum atomic E-state index is 13.2. The van der Waals surface area contributed by atoms with Crippen LogP contribution in [0, 0.1) is 5.92 Å². The first kappa shape index (κ1) is 28.8. The molecule has 1 amide bonds. The van der Waals surface area contributed by atoms with Gasteiger partial charge in [0.2, 0.25) is 5.91 Å². The predicted octanol–water partition coefficient (Wildman–Crippen LogP) is 6.07. The van der Waals surface area contributed by atoms with Crippen molar-refractivity contribution in [3.05, 3.63) is 54.1 Å². The van der Waals surface area contributed by atoms with Crippen molar-refractivity contribution in [3.63, 3.8) is 0 Å². The van der Waals surface area contributed by atoms with Gasteiger partial charge in [-0.3, -0.25) is 9.69 Å². The van der Waals surface area contributed by atoms with Crippen molar-refractivity contribution in [1.82, 2.24) is 9.80 Å². The van der Waals surface area contributed by atoms with Gasteiger partial charge in [0.05, 0.1) is 5.56 Å². The molecule has 0 spiro atoms. The number of halogens is 3. The monoisotopic (exact) mass is 548 g/mol. The van der Waals surface area contributed by atoms with Crippen molar-refractivity contribution in [2.75, 3.05) is 55.7 Å². The second-order valence-corrected chi connectivity index (χ2v) is 11.5. The summed E-state index contributed by atoms with van der Waals surface area (Å²) in [7, 11) is 0.